The van der Waals surface area contributed by atoms with Gasteiger partial charge in [-0.25, -0.2) is 0 Å². The second kappa shape index (κ2) is 8.30. The summed E-state index contributed by atoms with van der Waals surface area (Å²) in [6.07, 6.45) is 0. The van der Waals surface area contributed by atoms with Gasteiger partial charge in [0.1, 0.15) is 11.5 Å². The zero-order chi connectivity index (χ0) is 20.1. The molecule has 2 aromatic carbocycles. The van der Waals surface area contributed by atoms with E-state index in [4.69, 9.17) is 23.4 Å². The molecular formula is C19H19N3O6. The van der Waals surface area contributed by atoms with Crippen molar-refractivity contribution in [2.75, 3.05) is 33.8 Å². The summed E-state index contributed by atoms with van der Waals surface area (Å²) < 4.78 is 26.4. The van der Waals surface area contributed by atoms with Crippen LogP contribution in [-0.2, 0) is 0 Å². The molecule has 0 unspecified atom stereocenters. The summed E-state index contributed by atoms with van der Waals surface area (Å²) in [5, 5.41) is 10.4. The minimum atomic E-state index is -0.474. The van der Waals surface area contributed by atoms with Crippen LogP contribution in [0.15, 0.2) is 40.8 Å². The fraction of sp³-hybridized carbons (Fsp3) is 0.211. The Hall–Kier alpha value is -3.75. The number of nitrogens with zero attached hydrogens (tertiary/aromatic N) is 2. The number of methoxy groups -OCH3 is 4. The fourth-order valence-corrected chi connectivity index (χ4v) is 2.52. The Kier molecular flexibility index (Phi) is 5.64. The van der Waals surface area contributed by atoms with Crippen LogP contribution >= 0.6 is 0 Å². The van der Waals surface area contributed by atoms with Crippen LogP contribution in [0.5, 0.6) is 23.0 Å². The van der Waals surface area contributed by atoms with E-state index in [2.05, 4.69) is 15.5 Å². The minimum Gasteiger partial charge on any atom is -0.497 e. The predicted molar refractivity (Wildman–Crippen MR) is 100 cm³/mol. The first kappa shape index (κ1) is 19.0. The van der Waals surface area contributed by atoms with Crippen LogP contribution in [-0.4, -0.2) is 44.5 Å². The molecule has 0 radical (unpaired) electrons. The number of aromatic nitrogens is 2. The summed E-state index contributed by atoms with van der Waals surface area (Å²) in [5.74, 6) is 1.74. The van der Waals surface area contributed by atoms with Crippen LogP contribution in [0.1, 0.15) is 10.4 Å². The van der Waals surface area contributed by atoms with E-state index in [0.29, 0.717) is 28.6 Å². The van der Waals surface area contributed by atoms with Crippen molar-refractivity contribution in [2.45, 2.75) is 0 Å². The van der Waals surface area contributed by atoms with Crippen molar-refractivity contribution < 1.29 is 28.2 Å². The van der Waals surface area contributed by atoms with Gasteiger partial charge in [0, 0.05) is 5.56 Å². The molecule has 3 aromatic rings. The van der Waals surface area contributed by atoms with Crippen LogP contribution < -0.4 is 24.3 Å². The zero-order valence-electron chi connectivity index (χ0n) is 15.8. The van der Waals surface area contributed by atoms with Gasteiger partial charge < -0.3 is 23.4 Å². The highest BCUT2D eigenvalue weighted by atomic mass is 16.5. The van der Waals surface area contributed by atoms with E-state index in [1.54, 1.807) is 43.5 Å². The normalized spacial score (nSPS) is 10.3. The first-order valence-corrected chi connectivity index (χ1v) is 8.19. The van der Waals surface area contributed by atoms with Crippen LogP contribution in [0.25, 0.3) is 11.5 Å². The summed E-state index contributed by atoms with van der Waals surface area (Å²) >= 11 is 0. The first-order chi connectivity index (χ1) is 13.6. The molecule has 0 spiro atoms. The molecule has 1 amide bonds. The monoisotopic (exact) mass is 385 g/mol. The van der Waals surface area contributed by atoms with Crippen LogP contribution in [0.3, 0.4) is 0 Å². The molecule has 0 aliphatic heterocycles. The molecular weight excluding hydrogens is 366 g/mol. The van der Waals surface area contributed by atoms with Crippen molar-refractivity contribution in [3.63, 3.8) is 0 Å². The number of carbonyl (C=O) groups is 1. The maximum Gasteiger partial charge on any atom is 0.322 e. The molecule has 9 nitrogen and oxygen atoms in total. The van der Waals surface area contributed by atoms with Crippen LogP contribution in [0.4, 0.5) is 6.01 Å². The summed E-state index contributed by atoms with van der Waals surface area (Å²) in [6, 6.07) is 9.99. The molecule has 0 bridgehead atoms. The van der Waals surface area contributed by atoms with Crippen molar-refractivity contribution in [3.05, 3.63) is 42.0 Å². The van der Waals surface area contributed by atoms with Crippen molar-refractivity contribution in [2.24, 2.45) is 0 Å². The smallest absolute Gasteiger partial charge is 0.322 e. The molecule has 0 fully saturated rings. The number of benzene rings is 2. The van der Waals surface area contributed by atoms with E-state index in [1.807, 2.05) is 0 Å². The molecule has 0 saturated carbocycles. The lowest BCUT2D eigenvalue weighted by molar-refractivity contribution is 0.102. The van der Waals surface area contributed by atoms with Gasteiger partial charge in [0.25, 0.3) is 5.91 Å². The molecule has 1 heterocycles. The van der Waals surface area contributed by atoms with Gasteiger partial charge in [-0.05, 0) is 36.4 Å². The lowest BCUT2D eigenvalue weighted by atomic mass is 10.1. The van der Waals surface area contributed by atoms with Crippen molar-refractivity contribution in [1.82, 2.24) is 10.2 Å². The second-order valence-corrected chi connectivity index (χ2v) is 5.50. The minimum absolute atomic E-state index is 0.0559. The van der Waals surface area contributed by atoms with Gasteiger partial charge in [-0.1, -0.05) is 5.10 Å². The number of nitrogens with one attached hydrogen (secondary N) is 1. The molecule has 0 aliphatic rings. The standard InChI is InChI=1S/C19H19N3O6/c1-24-12-6-8-14(25-2)13(10-12)17(23)20-19-22-21-18(28-19)11-5-7-15(26-3)16(9-11)27-4/h5-10H,1-4H3,(H,20,22,23). The highest BCUT2D eigenvalue weighted by Gasteiger charge is 2.18. The van der Waals surface area contributed by atoms with E-state index in [1.165, 1.54) is 21.3 Å². The van der Waals surface area contributed by atoms with Gasteiger partial charge in [0.15, 0.2) is 11.5 Å². The lowest BCUT2D eigenvalue weighted by Gasteiger charge is -2.09. The third-order valence-corrected chi connectivity index (χ3v) is 3.93. The second-order valence-electron chi connectivity index (χ2n) is 5.50. The molecule has 3 rings (SSSR count). The van der Waals surface area contributed by atoms with E-state index in [9.17, 15) is 4.79 Å². The number of hydrogen-bond acceptors (Lipinski definition) is 8. The predicted octanol–water partition coefficient (Wildman–Crippen LogP) is 3.02. The van der Waals surface area contributed by atoms with E-state index in [-0.39, 0.29) is 17.5 Å². The molecule has 146 valence electrons. The van der Waals surface area contributed by atoms with Crippen LogP contribution in [0, 0.1) is 0 Å². The maximum absolute atomic E-state index is 12.6. The number of amides is 1. The molecule has 1 aromatic heterocycles. The Bertz CT molecular complexity index is 986. The highest BCUT2D eigenvalue weighted by Crippen LogP contribution is 2.32. The van der Waals surface area contributed by atoms with Crippen molar-refractivity contribution >= 4 is 11.9 Å². The Morgan fingerprint density at radius 3 is 2.25 bits per heavy atom. The quantitative estimate of drug-likeness (QED) is 0.662. The molecule has 0 saturated heterocycles. The van der Waals surface area contributed by atoms with E-state index < -0.39 is 5.91 Å². The molecule has 0 aliphatic carbocycles. The van der Waals surface area contributed by atoms with Gasteiger partial charge >= 0.3 is 6.01 Å². The largest absolute Gasteiger partial charge is 0.497 e. The number of carbonyl (C=O) groups excluding carboxylic acids is 1. The number of anilines is 1. The molecule has 28 heavy (non-hydrogen) atoms. The summed E-state index contributed by atoms with van der Waals surface area (Å²) in [4.78, 5) is 12.6. The third kappa shape index (κ3) is 3.83. The lowest BCUT2D eigenvalue weighted by Crippen LogP contribution is -2.13. The van der Waals surface area contributed by atoms with Crippen LogP contribution in [0.2, 0.25) is 0 Å². The van der Waals surface area contributed by atoms with Gasteiger partial charge in [-0.3, -0.25) is 10.1 Å². The Morgan fingerprint density at radius 1 is 0.857 bits per heavy atom. The summed E-state index contributed by atoms with van der Waals surface area (Å²) in [6.45, 7) is 0. The SMILES string of the molecule is COc1ccc(OC)c(C(=O)Nc2nnc(-c3ccc(OC)c(OC)c3)o2)c1. The number of hydrogen-bond donors (Lipinski definition) is 1. The summed E-state index contributed by atoms with van der Waals surface area (Å²) in [5.41, 5.74) is 0.886. The fourth-order valence-electron chi connectivity index (χ4n) is 2.52. The Morgan fingerprint density at radius 2 is 1.57 bits per heavy atom. The summed E-state index contributed by atoms with van der Waals surface area (Å²) in [7, 11) is 6.06. The first-order valence-electron chi connectivity index (χ1n) is 8.19. The number of ether oxygens (including phenoxy) is 4. The van der Waals surface area contributed by atoms with E-state index in [0.717, 1.165) is 0 Å². The van der Waals surface area contributed by atoms with E-state index >= 15 is 0 Å². The number of rotatable bonds is 7. The van der Waals surface area contributed by atoms with Gasteiger partial charge in [0.2, 0.25) is 5.89 Å². The topological polar surface area (TPSA) is 105 Å². The molecule has 9 heteroatoms. The maximum atomic E-state index is 12.6. The third-order valence-electron chi connectivity index (χ3n) is 3.93. The Balaban J connectivity index is 1.83. The average Bonchev–Trinajstić information content (AvgIpc) is 3.20. The van der Waals surface area contributed by atoms with Gasteiger partial charge in [0.05, 0.1) is 34.0 Å². The molecule has 1 N–H and O–H groups in total. The molecule has 0 atom stereocenters. The van der Waals surface area contributed by atoms with Crippen molar-refractivity contribution in [1.29, 1.82) is 0 Å². The average molecular weight is 385 g/mol. The van der Waals surface area contributed by atoms with Crippen molar-refractivity contribution in [3.8, 4) is 34.5 Å². The zero-order valence-corrected chi connectivity index (χ0v) is 15.8. The van der Waals surface area contributed by atoms with Gasteiger partial charge in [-0.15, -0.1) is 5.10 Å². The highest BCUT2D eigenvalue weighted by molar-refractivity contribution is 6.05. The Labute approximate surface area is 161 Å². The van der Waals surface area contributed by atoms with Gasteiger partial charge in [-0.2, -0.15) is 0 Å².